The van der Waals surface area contributed by atoms with E-state index in [-0.39, 0.29) is 12.2 Å². The van der Waals surface area contributed by atoms with Gasteiger partial charge in [-0.1, -0.05) is 54.6 Å². The molecule has 2 N–H and O–H groups in total. The fraction of sp³-hybridized carbons (Fsp3) is 0.441. The molecule has 1 atom stereocenters. The van der Waals surface area contributed by atoms with Crippen LogP contribution < -0.4 is 15.5 Å². The SMILES string of the molecule is O=C(NOC1CCCCO1)c1ccc(/C=C(/CNC2CCN(C3CC3)CC2)COc2cccc3ccccc23)cc1. The van der Waals surface area contributed by atoms with Crippen LogP contribution in [0.2, 0.25) is 0 Å². The Hall–Kier alpha value is -3.23. The Morgan fingerprint density at radius 2 is 1.73 bits per heavy atom. The van der Waals surface area contributed by atoms with Gasteiger partial charge in [0.2, 0.25) is 0 Å². The zero-order valence-corrected chi connectivity index (χ0v) is 23.7. The number of hydrogen-bond acceptors (Lipinski definition) is 6. The largest absolute Gasteiger partial charge is 0.489 e. The van der Waals surface area contributed by atoms with Gasteiger partial charge >= 0.3 is 0 Å². The summed E-state index contributed by atoms with van der Waals surface area (Å²) in [4.78, 5) is 20.7. The van der Waals surface area contributed by atoms with Crippen molar-refractivity contribution >= 4 is 22.8 Å². The summed E-state index contributed by atoms with van der Waals surface area (Å²) in [6.45, 7) is 4.29. The number of rotatable bonds is 11. The molecule has 6 rings (SSSR count). The maximum atomic E-state index is 12.6. The van der Waals surface area contributed by atoms with Crippen molar-refractivity contribution in [2.75, 3.05) is 32.8 Å². The van der Waals surface area contributed by atoms with Crippen molar-refractivity contribution in [3.05, 3.63) is 83.4 Å². The zero-order valence-electron chi connectivity index (χ0n) is 23.7. The summed E-state index contributed by atoms with van der Waals surface area (Å²) in [7, 11) is 0. The summed E-state index contributed by atoms with van der Waals surface area (Å²) in [6.07, 6.45) is 9.80. The van der Waals surface area contributed by atoms with Crippen molar-refractivity contribution in [1.82, 2.24) is 15.7 Å². The molecular formula is C34H41N3O4. The quantitative estimate of drug-likeness (QED) is 0.296. The molecule has 3 aromatic carbocycles. The Bertz CT molecular complexity index is 1320. The van der Waals surface area contributed by atoms with Gasteiger partial charge in [0.25, 0.3) is 5.91 Å². The van der Waals surface area contributed by atoms with Crippen LogP contribution in [0.5, 0.6) is 5.75 Å². The lowest BCUT2D eigenvalue weighted by Gasteiger charge is -2.32. The van der Waals surface area contributed by atoms with E-state index in [1.807, 2.05) is 42.5 Å². The van der Waals surface area contributed by atoms with Gasteiger partial charge in [0.15, 0.2) is 6.29 Å². The molecule has 0 spiro atoms. The van der Waals surface area contributed by atoms with E-state index in [1.54, 1.807) is 0 Å². The van der Waals surface area contributed by atoms with Crippen molar-refractivity contribution in [1.29, 1.82) is 0 Å². The number of piperidine rings is 1. The minimum absolute atomic E-state index is 0.270. The van der Waals surface area contributed by atoms with E-state index in [2.05, 4.69) is 46.0 Å². The normalized spacial score (nSPS) is 20.7. The van der Waals surface area contributed by atoms with Gasteiger partial charge in [0.05, 0.1) is 0 Å². The number of nitrogens with one attached hydrogen (secondary N) is 2. The van der Waals surface area contributed by atoms with Crippen molar-refractivity contribution in [3.8, 4) is 5.75 Å². The van der Waals surface area contributed by atoms with Crippen LogP contribution in [-0.2, 0) is 9.57 Å². The van der Waals surface area contributed by atoms with Crippen molar-refractivity contribution in [2.45, 2.75) is 63.3 Å². The van der Waals surface area contributed by atoms with E-state index < -0.39 is 0 Å². The summed E-state index contributed by atoms with van der Waals surface area (Å²) in [6, 6.07) is 23.5. The Balaban J connectivity index is 1.10. The first-order valence-electron chi connectivity index (χ1n) is 15.2. The zero-order chi connectivity index (χ0) is 27.9. The van der Waals surface area contributed by atoms with E-state index in [4.69, 9.17) is 14.3 Å². The molecular weight excluding hydrogens is 514 g/mol. The molecule has 3 fully saturated rings. The predicted molar refractivity (Wildman–Crippen MR) is 162 cm³/mol. The molecule has 1 saturated carbocycles. The minimum Gasteiger partial charge on any atom is -0.489 e. The molecule has 7 heteroatoms. The van der Waals surface area contributed by atoms with Gasteiger partial charge in [0, 0.05) is 42.6 Å². The molecule has 0 aromatic heterocycles. The predicted octanol–water partition coefficient (Wildman–Crippen LogP) is 5.71. The van der Waals surface area contributed by atoms with Crippen LogP contribution in [0.25, 0.3) is 16.8 Å². The molecule has 41 heavy (non-hydrogen) atoms. The lowest BCUT2D eigenvalue weighted by molar-refractivity contribution is -0.186. The van der Waals surface area contributed by atoms with Crippen LogP contribution in [0.3, 0.4) is 0 Å². The average Bonchev–Trinajstić information content (AvgIpc) is 3.88. The number of hydrogen-bond donors (Lipinski definition) is 2. The molecule has 1 aliphatic carbocycles. The molecule has 1 unspecified atom stereocenters. The summed E-state index contributed by atoms with van der Waals surface area (Å²) < 4.78 is 11.9. The molecule has 2 aliphatic heterocycles. The number of likely N-dealkylation sites (tertiary alicyclic amines) is 1. The highest BCUT2D eigenvalue weighted by Crippen LogP contribution is 2.29. The van der Waals surface area contributed by atoms with Gasteiger partial charge in [-0.25, -0.2) is 10.3 Å². The highest BCUT2D eigenvalue weighted by atomic mass is 16.8. The van der Waals surface area contributed by atoms with Crippen LogP contribution in [0.1, 0.15) is 60.9 Å². The molecule has 3 aromatic rings. The molecule has 1 amide bonds. The van der Waals surface area contributed by atoms with Crippen molar-refractivity contribution in [3.63, 3.8) is 0 Å². The number of carbonyl (C=O) groups excluding carboxylic acids is 1. The minimum atomic E-state index is -0.368. The fourth-order valence-corrected chi connectivity index (χ4v) is 5.77. The van der Waals surface area contributed by atoms with Gasteiger partial charge in [-0.2, -0.15) is 0 Å². The molecule has 7 nitrogen and oxygen atoms in total. The van der Waals surface area contributed by atoms with Gasteiger partial charge in [0.1, 0.15) is 12.4 Å². The Morgan fingerprint density at radius 3 is 2.51 bits per heavy atom. The average molecular weight is 556 g/mol. The molecule has 0 radical (unpaired) electrons. The second kappa shape index (κ2) is 13.6. The Kier molecular flexibility index (Phi) is 9.27. The molecule has 2 heterocycles. The van der Waals surface area contributed by atoms with Gasteiger partial charge in [-0.3, -0.25) is 4.79 Å². The van der Waals surface area contributed by atoms with E-state index in [0.717, 1.165) is 54.1 Å². The van der Waals surface area contributed by atoms with Gasteiger partial charge < -0.3 is 19.7 Å². The maximum absolute atomic E-state index is 12.6. The third-order valence-electron chi connectivity index (χ3n) is 8.34. The van der Waals surface area contributed by atoms with E-state index in [0.29, 0.717) is 24.8 Å². The van der Waals surface area contributed by atoms with Crippen molar-refractivity contribution in [2.24, 2.45) is 0 Å². The second-order valence-electron chi connectivity index (χ2n) is 11.5. The topological polar surface area (TPSA) is 72.1 Å². The van der Waals surface area contributed by atoms with Gasteiger partial charge in [-0.15, -0.1) is 0 Å². The number of hydroxylamine groups is 1. The van der Waals surface area contributed by atoms with Crippen LogP contribution in [0, 0.1) is 0 Å². The van der Waals surface area contributed by atoms with E-state index in [1.165, 1.54) is 44.2 Å². The molecule has 0 bridgehead atoms. The lowest BCUT2D eigenvalue weighted by atomic mass is 10.0. The monoisotopic (exact) mass is 555 g/mol. The van der Waals surface area contributed by atoms with Crippen LogP contribution >= 0.6 is 0 Å². The summed E-state index contributed by atoms with van der Waals surface area (Å²) in [5.41, 5.74) is 5.28. The fourth-order valence-electron chi connectivity index (χ4n) is 5.77. The Labute approximate surface area is 242 Å². The maximum Gasteiger partial charge on any atom is 0.274 e. The van der Waals surface area contributed by atoms with E-state index in [9.17, 15) is 4.79 Å². The smallest absolute Gasteiger partial charge is 0.274 e. The second-order valence-corrected chi connectivity index (χ2v) is 11.5. The summed E-state index contributed by atoms with van der Waals surface area (Å²) >= 11 is 0. The number of amides is 1. The number of fused-ring (bicyclic) bond motifs is 1. The molecule has 2 saturated heterocycles. The number of ether oxygens (including phenoxy) is 2. The number of nitrogens with zero attached hydrogens (tertiary/aromatic N) is 1. The molecule has 3 aliphatic rings. The highest BCUT2D eigenvalue weighted by molar-refractivity contribution is 5.93. The first-order chi connectivity index (χ1) is 20.2. The third kappa shape index (κ3) is 7.74. The lowest BCUT2D eigenvalue weighted by Crippen LogP contribution is -2.44. The highest BCUT2D eigenvalue weighted by Gasteiger charge is 2.31. The van der Waals surface area contributed by atoms with Crippen LogP contribution in [0.4, 0.5) is 0 Å². The van der Waals surface area contributed by atoms with Crippen LogP contribution in [-0.4, -0.2) is 62.0 Å². The third-order valence-corrected chi connectivity index (χ3v) is 8.34. The van der Waals surface area contributed by atoms with Crippen LogP contribution in [0.15, 0.2) is 72.3 Å². The van der Waals surface area contributed by atoms with Gasteiger partial charge in [-0.05, 0) is 86.3 Å². The van der Waals surface area contributed by atoms with E-state index >= 15 is 0 Å². The first-order valence-corrected chi connectivity index (χ1v) is 15.2. The standard InChI is InChI=1S/C34H41N3O4/c38-34(36-41-33-10-3-4-21-39-33)28-13-11-25(12-14-28)22-26(23-35-29-17-19-37(20-18-29)30-15-16-30)24-40-32-9-5-7-27-6-1-2-8-31(27)32/h1-2,5-9,11-14,22,29-30,33,35H,3-4,10,15-21,23-24H2,(H,36,38)/b26-22-. The van der Waals surface area contributed by atoms with Crippen molar-refractivity contribution < 1.29 is 19.1 Å². The number of carbonyl (C=O) groups is 1. The first kappa shape index (κ1) is 27.9. The molecule has 216 valence electrons. The number of benzene rings is 3. The summed E-state index contributed by atoms with van der Waals surface area (Å²) in [5.74, 6) is 0.620. The Morgan fingerprint density at radius 1 is 0.927 bits per heavy atom. The summed E-state index contributed by atoms with van der Waals surface area (Å²) in [5, 5.41) is 6.09.